The molecule has 0 saturated heterocycles. The summed E-state index contributed by atoms with van der Waals surface area (Å²) in [6.07, 6.45) is 0.746. The zero-order valence-electron chi connectivity index (χ0n) is 15.2. The first-order valence-electron chi connectivity index (χ1n) is 8.42. The first-order chi connectivity index (χ1) is 13.4. The lowest BCUT2D eigenvalue weighted by Crippen LogP contribution is -2.23. The van der Waals surface area contributed by atoms with Crippen LogP contribution in [0.5, 0.6) is 5.75 Å². The third kappa shape index (κ3) is 6.06. The summed E-state index contributed by atoms with van der Waals surface area (Å²) < 4.78 is 10.5. The van der Waals surface area contributed by atoms with Crippen molar-refractivity contribution in [1.82, 2.24) is 5.32 Å². The quantitative estimate of drug-likeness (QED) is 0.364. The van der Waals surface area contributed by atoms with Gasteiger partial charge in [0.1, 0.15) is 5.75 Å². The maximum Gasteiger partial charge on any atom is 0.335 e. The van der Waals surface area contributed by atoms with Crippen LogP contribution in [-0.2, 0) is 11.3 Å². The number of nitro groups is 1. The van der Waals surface area contributed by atoms with Crippen LogP contribution in [0.3, 0.4) is 0 Å². The number of benzene rings is 2. The zero-order chi connectivity index (χ0) is 20.5. The molecule has 2 rings (SSSR count). The predicted octanol–water partition coefficient (Wildman–Crippen LogP) is 2.64. The summed E-state index contributed by atoms with van der Waals surface area (Å²) in [5.74, 6) is -1.32. The monoisotopic (exact) mass is 388 g/mol. The molecule has 1 amide bonds. The third-order valence-electron chi connectivity index (χ3n) is 3.75. The van der Waals surface area contributed by atoms with E-state index in [1.807, 2.05) is 0 Å². The number of nitrogens with zero attached hydrogens (tertiary/aromatic N) is 1. The normalized spacial score (nSPS) is 10.3. The van der Waals surface area contributed by atoms with E-state index in [9.17, 15) is 19.7 Å². The number of aromatic carboxylic acids is 1. The minimum atomic E-state index is -1.35. The first-order valence-corrected chi connectivity index (χ1v) is 8.42. The Hall–Kier alpha value is -3.46. The molecule has 148 valence electrons. The van der Waals surface area contributed by atoms with E-state index in [0.717, 1.165) is 30.2 Å². The molecule has 0 heterocycles. The van der Waals surface area contributed by atoms with Crippen LogP contribution in [0.2, 0.25) is 0 Å². The molecule has 0 bridgehead atoms. The highest BCUT2D eigenvalue weighted by Crippen LogP contribution is 2.18. The number of nitro benzene ring substituents is 1. The van der Waals surface area contributed by atoms with Gasteiger partial charge in [-0.15, -0.1) is 0 Å². The fourth-order valence-electron chi connectivity index (χ4n) is 2.39. The number of methoxy groups -OCH3 is 1. The number of hydrogen-bond acceptors (Lipinski definition) is 6. The van der Waals surface area contributed by atoms with Crippen molar-refractivity contribution in [2.45, 2.75) is 13.0 Å². The second kappa shape index (κ2) is 10.0. The molecular weight excluding hydrogens is 368 g/mol. The largest absolute Gasteiger partial charge is 0.493 e. The molecule has 0 aromatic heterocycles. The van der Waals surface area contributed by atoms with Crippen molar-refractivity contribution >= 4 is 17.6 Å². The van der Waals surface area contributed by atoms with Gasteiger partial charge < -0.3 is 19.9 Å². The van der Waals surface area contributed by atoms with Crippen LogP contribution in [0.15, 0.2) is 42.5 Å². The number of carboxylic acid groups (broad SMARTS) is 1. The van der Waals surface area contributed by atoms with Gasteiger partial charge in [-0.25, -0.2) is 4.79 Å². The highest BCUT2D eigenvalue weighted by molar-refractivity contribution is 5.98. The maximum absolute atomic E-state index is 12.3. The van der Waals surface area contributed by atoms with E-state index in [1.165, 1.54) is 0 Å². The van der Waals surface area contributed by atoms with Crippen LogP contribution in [0.4, 0.5) is 5.69 Å². The van der Waals surface area contributed by atoms with Crippen LogP contribution in [0.1, 0.15) is 32.7 Å². The van der Waals surface area contributed by atoms with Crippen molar-refractivity contribution in [1.29, 1.82) is 0 Å². The Morgan fingerprint density at radius 1 is 1.14 bits per heavy atom. The Morgan fingerprint density at radius 3 is 2.57 bits per heavy atom. The molecule has 0 saturated carbocycles. The molecule has 0 aliphatic carbocycles. The van der Waals surface area contributed by atoms with Gasteiger partial charge >= 0.3 is 5.97 Å². The second-order valence-corrected chi connectivity index (χ2v) is 5.86. The van der Waals surface area contributed by atoms with E-state index in [2.05, 4.69) is 5.32 Å². The summed E-state index contributed by atoms with van der Waals surface area (Å²) >= 11 is 0. The summed E-state index contributed by atoms with van der Waals surface area (Å²) in [6.45, 7) is 1.24. The SMILES string of the molecule is COCCCOc1cccc(CNC(=O)c2cc(C(=O)O)cc([N+](=O)[O-])c2)c1. The molecule has 28 heavy (non-hydrogen) atoms. The molecule has 0 radical (unpaired) electrons. The van der Waals surface area contributed by atoms with E-state index < -0.39 is 22.5 Å². The van der Waals surface area contributed by atoms with Gasteiger partial charge in [0.15, 0.2) is 0 Å². The Bertz CT molecular complexity index is 835. The summed E-state index contributed by atoms with van der Waals surface area (Å²) in [7, 11) is 1.62. The molecule has 9 heteroatoms. The van der Waals surface area contributed by atoms with Crippen molar-refractivity contribution in [3.8, 4) is 5.75 Å². The number of rotatable bonds is 10. The first kappa shape index (κ1) is 20.8. The van der Waals surface area contributed by atoms with Gasteiger partial charge in [0.05, 0.1) is 17.1 Å². The average molecular weight is 388 g/mol. The lowest BCUT2D eigenvalue weighted by atomic mass is 10.1. The Labute approximate surface area is 161 Å². The fourth-order valence-corrected chi connectivity index (χ4v) is 2.39. The predicted molar refractivity (Wildman–Crippen MR) is 99.7 cm³/mol. The van der Waals surface area contributed by atoms with Crippen LogP contribution < -0.4 is 10.1 Å². The number of carboxylic acids is 1. The standard InChI is InChI=1S/C19H20N2O7/c1-27-6-3-7-28-17-5-2-4-13(8-17)12-20-18(22)14-9-15(19(23)24)11-16(10-14)21(25)26/h2,4-5,8-11H,3,6-7,12H2,1H3,(H,20,22)(H,23,24). The highest BCUT2D eigenvalue weighted by atomic mass is 16.6. The minimum Gasteiger partial charge on any atom is -0.493 e. The van der Waals surface area contributed by atoms with Gasteiger partial charge in [-0.05, 0) is 23.8 Å². The van der Waals surface area contributed by atoms with E-state index in [4.69, 9.17) is 14.6 Å². The molecule has 9 nitrogen and oxygen atoms in total. The highest BCUT2D eigenvalue weighted by Gasteiger charge is 2.17. The number of carbonyl (C=O) groups is 2. The molecule has 0 aliphatic heterocycles. The number of carbonyl (C=O) groups excluding carboxylic acids is 1. The average Bonchev–Trinajstić information content (AvgIpc) is 2.69. The maximum atomic E-state index is 12.3. The van der Waals surface area contributed by atoms with Crippen molar-refractivity contribution < 1.29 is 29.1 Å². The van der Waals surface area contributed by atoms with Gasteiger partial charge in [-0.2, -0.15) is 0 Å². The van der Waals surface area contributed by atoms with Crippen LogP contribution in [0, 0.1) is 10.1 Å². The van der Waals surface area contributed by atoms with Crippen molar-refractivity contribution in [2.75, 3.05) is 20.3 Å². The number of non-ortho nitro benzene ring substituents is 1. The number of nitrogens with one attached hydrogen (secondary N) is 1. The molecule has 2 aromatic carbocycles. The van der Waals surface area contributed by atoms with E-state index in [1.54, 1.807) is 31.4 Å². The fraction of sp³-hybridized carbons (Fsp3) is 0.263. The van der Waals surface area contributed by atoms with E-state index in [-0.39, 0.29) is 17.7 Å². The number of amides is 1. The summed E-state index contributed by atoms with van der Waals surface area (Å²) in [6, 6.07) is 10.2. The molecule has 2 N–H and O–H groups in total. The molecule has 2 aromatic rings. The molecule has 0 aliphatic rings. The third-order valence-corrected chi connectivity index (χ3v) is 3.75. The number of hydrogen-bond donors (Lipinski definition) is 2. The van der Waals surface area contributed by atoms with Gasteiger partial charge in [-0.3, -0.25) is 14.9 Å². The zero-order valence-corrected chi connectivity index (χ0v) is 15.2. The summed E-state index contributed by atoms with van der Waals surface area (Å²) in [5, 5.41) is 22.6. The topological polar surface area (TPSA) is 128 Å². The van der Waals surface area contributed by atoms with Gasteiger partial charge in [-0.1, -0.05) is 12.1 Å². The Kier molecular flexibility index (Phi) is 7.46. The second-order valence-electron chi connectivity index (χ2n) is 5.86. The van der Waals surface area contributed by atoms with E-state index >= 15 is 0 Å². The molecule has 0 atom stereocenters. The minimum absolute atomic E-state index is 0.0985. The van der Waals surface area contributed by atoms with Crippen molar-refractivity contribution in [2.24, 2.45) is 0 Å². The van der Waals surface area contributed by atoms with Crippen LogP contribution in [0.25, 0.3) is 0 Å². The Balaban J connectivity index is 2.04. The summed E-state index contributed by atoms with van der Waals surface area (Å²) in [5.41, 5.74) is -0.123. The molecule has 0 unspecified atom stereocenters. The van der Waals surface area contributed by atoms with Gasteiger partial charge in [0.2, 0.25) is 0 Å². The summed E-state index contributed by atoms with van der Waals surface area (Å²) in [4.78, 5) is 33.7. The Morgan fingerprint density at radius 2 is 1.89 bits per heavy atom. The van der Waals surface area contributed by atoms with Crippen LogP contribution >= 0.6 is 0 Å². The van der Waals surface area contributed by atoms with Gasteiger partial charge in [0.25, 0.3) is 11.6 Å². The lowest BCUT2D eigenvalue weighted by Gasteiger charge is -2.09. The lowest BCUT2D eigenvalue weighted by molar-refractivity contribution is -0.384. The molecule has 0 spiro atoms. The molecular formula is C19H20N2O7. The van der Waals surface area contributed by atoms with Crippen molar-refractivity contribution in [3.63, 3.8) is 0 Å². The van der Waals surface area contributed by atoms with Crippen LogP contribution in [-0.4, -0.2) is 42.2 Å². The smallest absolute Gasteiger partial charge is 0.335 e. The van der Waals surface area contributed by atoms with Gasteiger partial charge in [0, 0.05) is 44.4 Å². The number of ether oxygens (including phenoxy) is 2. The van der Waals surface area contributed by atoms with E-state index in [0.29, 0.717) is 19.0 Å². The van der Waals surface area contributed by atoms with Crippen molar-refractivity contribution in [3.05, 3.63) is 69.3 Å². The molecule has 0 fully saturated rings.